The number of ether oxygens (including phenoxy) is 1. The molecule has 3 nitrogen and oxygen atoms in total. The van der Waals surface area contributed by atoms with Crippen molar-refractivity contribution in [1.82, 2.24) is 0 Å². The molecule has 1 aromatic rings. The molecule has 0 aliphatic carbocycles. The number of benzene rings is 1. The minimum Gasteiger partial charge on any atom is -0.462 e. The summed E-state index contributed by atoms with van der Waals surface area (Å²) in [4.78, 5) is 12.7. The van der Waals surface area contributed by atoms with E-state index in [4.69, 9.17) is 4.74 Å². The lowest BCUT2D eigenvalue weighted by atomic mass is 10.1. The van der Waals surface area contributed by atoms with E-state index in [1.54, 1.807) is 0 Å². The Morgan fingerprint density at radius 3 is 2.47 bits per heavy atom. The summed E-state index contributed by atoms with van der Waals surface area (Å²) in [5, 5.41) is 0. The van der Waals surface area contributed by atoms with Crippen molar-refractivity contribution in [3.05, 3.63) is 35.9 Å². The summed E-state index contributed by atoms with van der Waals surface area (Å²) in [6.07, 6.45) is 0. The predicted molar refractivity (Wildman–Crippen MR) is 67.9 cm³/mol. The molecule has 0 aliphatic rings. The van der Waals surface area contributed by atoms with E-state index >= 15 is 0 Å². The second kappa shape index (κ2) is 7.07. The third kappa shape index (κ3) is 4.19. The van der Waals surface area contributed by atoms with Gasteiger partial charge in [0.1, 0.15) is 6.04 Å². The molecule has 0 bridgehead atoms. The zero-order chi connectivity index (χ0) is 12.7. The lowest BCUT2D eigenvalue weighted by Gasteiger charge is -2.24. The highest BCUT2D eigenvalue weighted by Crippen LogP contribution is 2.07. The van der Waals surface area contributed by atoms with Crippen molar-refractivity contribution in [3.8, 4) is 0 Å². The molecule has 0 spiro atoms. The molecule has 1 unspecified atom stereocenters. The standard InChI is InChI=1S/C14H21NO2/c1-4-15(11-14(16)17-5-2)12(3)13-9-7-6-8-10-13/h6-10,12H,4-5,11H2,1-3H3/p+1/t12-/m1/s1. The molecule has 0 aliphatic heterocycles. The van der Waals surface area contributed by atoms with E-state index in [9.17, 15) is 4.79 Å². The third-order valence-electron chi connectivity index (χ3n) is 3.04. The number of hydrogen-bond donors (Lipinski definition) is 1. The Labute approximate surface area is 103 Å². The molecule has 1 rings (SSSR count). The largest absolute Gasteiger partial charge is 0.462 e. The Morgan fingerprint density at radius 1 is 1.29 bits per heavy atom. The van der Waals surface area contributed by atoms with Crippen LogP contribution in [0.5, 0.6) is 0 Å². The van der Waals surface area contributed by atoms with Gasteiger partial charge in [-0.05, 0) is 20.8 Å². The van der Waals surface area contributed by atoms with Crippen molar-refractivity contribution in [1.29, 1.82) is 0 Å². The van der Waals surface area contributed by atoms with Gasteiger partial charge in [-0.3, -0.25) is 0 Å². The Hall–Kier alpha value is -1.35. The van der Waals surface area contributed by atoms with Crippen LogP contribution in [-0.2, 0) is 9.53 Å². The first-order valence-corrected chi connectivity index (χ1v) is 6.24. The second-order valence-electron chi connectivity index (χ2n) is 4.13. The van der Waals surface area contributed by atoms with Gasteiger partial charge in [0.2, 0.25) is 0 Å². The topological polar surface area (TPSA) is 30.7 Å². The van der Waals surface area contributed by atoms with Crippen molar-refractivity contribution in [2.75, 3.05) is 19.7 Å². The van der Waals surface area contributed by atoms with Gasteiger partial charge in [0, 0.05) is 5.56 Å². The highest BCUT2D eigenvalue weighted by Gasteiger charge is 2.21. The first kappa shape index (κ1) is 13.7. The number of carbonyl (C=O) groups excluding carboxylic acids is 1. The fourth-order valence-electron chi connectivity index (χ4n) is 1.96. The molecule has 94 valence electrons. The van der Waals surface area contributed by atoms with Crippen LogP contribution in [0.2, 0.25) is 0 Å². The summed E-state index contributed by atoms with van der Waals surface area (Å²) in [5.74, 6) is -0.118. The first-order valence-electron chi connectivity index (χ1n) is 6.24. The number of carbonyl (C=O) groups is 1. The molecule has 3 heteroatoms. The number of rotatable bonds is 6. The fourth-order valence-corrected chi connectivity index (χ4v) is 1.96. The molecule has 1 N–H and O–H groups in total. The van der Waals surface area contributed by atoms with Gasteiger partial charge in [-0.25, -0.2) is 4.79 Å². The molecular weight excluding hydrogens is 214 g/mol. The molecule has 0 heterocycles. The van der Waals surface area contributed by atoms with E-state index in [0.717, 1.165) is 6.54 Å². The normalized spacial score (nSPS) is 14.1. The van der Waals surface area contributed by atoms with E-state index in [2.05, 4.69) is 26.0 Å². The van der Waals surface area contributed by atoms with Gasteiger partial charge in [0.25, 0.3) is 0 Å². The molecule has 0 radical (unpaired) electrons. The first-order chi connectivity index (χ1) is 8.19. The van der Waals surface area contributed by atoms with E-state index in [1.165, 1.54) is 10.5 Å². The zero-order valence-electron chi connectivity index (χ0n) is 10.9. The molecule has 1 aromatic carbocycles. The van der Waals surface area contributed by atoms with Gasteiger partial charge in [-0.15, -0.1) is 0 Å². The van der Waals surface area contributed by atoms with Crippen LogP contribution in [-0.4, -0.2) is 25.7 Å². The van der Waals surface area contributed by atoms with E-state index < -0.39 is 0 Å². The van der Waals surface area contributed by atoms with Crippen molar-refractivity contribution in [2.24, 2.45) is 0 Å². The number of nitrogens with one attached hydrogen (secondary N) is 1. The van der Waals surface area contributed by atoms with Crippen LogP contribution in [0.4, 0.5) is 0 Å². The second-order valence-corrected chi connectivity index (χ2v) is 4.13. The van der Waals surface area contributed by atoms with Gasteiger partial charge >= 0.3 is 5.97 Å². The molecular formula is C14H22NO2+. The lowest BCUT2D eigenvalue weighted by molar-refractivity contribution is -0.921. The fraction of sp³-hybridized carbons (Fsp3) is 0.500. The average Bonchev–Trinajstić information content (AvgIpc) is 2.36. The Kier molecular flexibility index (Phi) is 5.70. The third-order valence-corrected chi connectivity index (χ3v) is 3.04. The summed E-state index contributed by atoms with van der Waals surface area (Å²) < 4.78 is 5.00. The highest BCUT2D eigenvalue weighted by molar-refractivity contribution is 5.70. The average molecular weight is 236 g/mol. The molecule has 0 aromatic heterocycles. The monoisotopic (exact) mass is 236 g/mol. The number of esters is 1. The molecule has 0 fully saturated rings. The Balaban J connectivity index is 2.64. The van der Waals surface area contributed by atoms with Crippen molar-refractivity contribution in [3.63, 3.8) is 0 Å². The van der Waals surface area contributed by atoms with E-state index in [-0.39, 0.29) is 5.97 Å². The van der Waals surface area contributed by atoms with E-state index in [0.29, 0.717) is 19.2 Å². The highest BCUT2D eigenvalue weighted by atomic mass is 16.5. The number of likely N-dealkylation sites (N-methyl/N-ethyl adjacent to an activating group) is 1. The SMILES string of the molecule is CCOC(=O)C[NH+](CC)[C@H](C)c1ccccc1. The molecule has 0 saturated carbocycles. The van der Waals surface area contributed by atoms with Crippen LogP contribution in [0, 0.1) is 0 Å². The molecule has 17 heavy (non-hydrogen) atoms. The van der Waals surface area contributed by atoms with Gasteiger partial charge in [-0.2, -0.15) is 0 Å². The maximum absolute atomic E-state index is 11.5. The molecule has 0 saturated heterocycles. The van der Waals surface area contributed by atoms with Crippen LogP contribution in [0.25, 0.3) is 0 Å². The minimum absolute atomic E-state index is 0.118. The Morgan fingerprint density at radius 2 is 1.94 bits per heavy atom. The Bertz CT molecular complexity index is 337. The van der Waals surface area contributed by atoms with Gasteiger partial charge in [0.05, 0.1) is 13.2 Å². The quantitative estimate of drug-likeness (QED) is 0.753. The predicted octanol–water partition coefficient (Wildman–Crippen LogP) is 1.22. The van der Waals surface area contributed by atoms with Crippen LogP contribution < -0.4 is 4.90 Å². The lowest BCUT2D eigenvalue weighted by Crippen LogP contribution is -3.12. The smallest absolute Gasteiger partial charge is 0.361 e. The van der Waals surface area contributed by atoms with Gasteiger partial charge in [-0.1, -0.05) is 30.3 Å². The van der Waals surface area contributed by atoms with Crippen molar-refractivity contribution in [2.45, 2.75) is 26.8 Å². The molecule has 0 amide bonds. The number of quaternary nitrogens is 1. The summed E-state index contributed by atoms with van der Waals surface area (Å²) in [5.41, 5.74) is 1.26. The summed E-state index contributed by atoms with van der Waals surface area (Å²) in [6.45, 7) is 7.87. The van der Waals surface area contributed by atoms with Crippen LogP contribution >= 0.6 is 0 Å². The summed E-state index contributed by atoms with van der Waals surface area (Å²) >= 11 is 0. The summed E-state index contributed by atoms with van der Waals surface area (Å²) in [6, 6.07) is 10.6. The van der Waals surface area contributed by atoms with Crippen molar-refractivity contribution < 1.29 is 14.4 Å². The van der Waals surface area contributed by atoms with Gasteiger partial charge in [0.15, 0.2) is 6.54 Å². The van der Waals surface area contributed by atoms with E-state index in [1.807, 2.05) is 25.1 Å². The van der Waals surface area contributed by atoms with Gasteiger partial charge < -0.3 is 9.64 Å². The van der Waals surface area contributed by atoms with Crippen LogP contribution in [0.1, 0.15) is 32.4 Å². The summed E-state index contributed by atoms with van der Waals surface area (Å²) in [7, 11) is 0. The van der Waals surface area contributed by atoms with Crippen LogP contribution in [0.15, 0.2) is 30.3 Å². The number of hydrogen-bond acceptors (Lipinski definition) is 2. The maximum Gasteiger partial charge on any atom is 0.361 e. The van der Waals surface area contributed by atoms with Crippen LogP contribution in [0.3, 0.4) is 0 Å². The molecule has 2 atom stereocenters. The zero-order valence-corrected chi connectivity index (χ0v) is 10.9. The minimum atomic E-state index is -0.118. The maximum atomic E-state index is 11.5. The van der Waals surface area contributed by atoms with Crippen molar-refractivity contribution >= 4 is 5.97 Å².